The largest absolute Gasteiger partial charge is 0.350 e. The van der Waals surface area contributed by atoms with Crippen LogP contribution in [0.3, 0.4) is 0 Å². The second kappa shape index (κ2) is 6.56. The second-order valence-electron chi connectivity index (χ2n) is 5.82. The van der Waals surface area contributed by atoms with E-state index in [1.807, 2.05) is 45.9 Å². The van der Waals surface area contributed by atoms with Crippen molar-refractivity contribution in [1.29, 1.82) is 0 Å². The Balaban J connectivity index is 2.46. The van der Waals surface area contributed by atoms with Gasteiger partial charge >= 0.3 is 0 Å². The third kappa shape index (κ3) is 3.42. The van der Waals surface area contributed by atoms with Crippen LogP contribution in [0.1, 0.15) is 51.3 Å². The van der Waals surface area contributed by atoms with Crippen molar-refractivity contribution >= 4 is 11.7 Å². The Kier molecular flexibility index (Phi) is 4.76. The summed E-state index contributed by atoms with van der Waals surface area (Å²) in [6.45, 7) is 7.65. The van der Waals surface area contributed by atoms with Crippen LogP contribution in [0.2, 0.25) is 0 Å². The zero-order chi connectivity index (χ0) is 16.3. The Morgan fingerprint density at radius 1 is 0.909 bits per heavy atom. The molecule has 1 amide bonds. The number of amides is 1. The maximum atomic E-state index is 12.9. The number of aryl methyl sites for hydroxylation is 2. The molecule has 0 aliphatic heterocycles. The van der Waals surface area contributed by atoms with Crippen molar-refractivity contribution in [3.8, 4) is 0 Å². The minimum atomic E-state index is -0.218. The predicted octanol–water partition coefficient (Wildman–Crippen LogP) is 3.67. The van der Waals surface area contributed by atoms with Crippen molar-refractivity contribution in [2.24, 2.45) is 0 Å². The Morgan fingerprint density at radius 3 is 2.18 bits per heavy atom. The highest BCUT2D eigenvalue weighted by Gasteiger charge is 2.19. The van der Waals surface area contributed by atoms with E-state index in [2.05, 4.69) is 5.32 Å². The van der Waals surface area contributed by atoms with E-state index in [0.29, 0.717) is 16.7 Å². The summed E-state index contributed by atoms with van der Waals surface area (Å²) in [5.74, 6) is -0.333. The topological polar surface area (TPSA) is 46.2 Å². The van der Waals surface area contributed by atoms with Crippen molar-refractivity contribution < 1.29 is 9.59 Å². The molecule has 1 N–H and O–H groups in total. The summed E-state index contributed by atoms with van der Waals surface area (Å²) in [4.78, 5) is 25.2. The Bertz CT molecular complexity index is 717. The molecule has 0 atom stereocenters. The van der Waals surface area contributed by atoms with Gasteiger partial charge in [0.2, 0.25) is 0 Å². The lowest BCUT2D eigenvalue weighted by atomic mass is 9.94. The van der Waals surface area contributed by atoms with E-state index in [9.17, 15) is 9.59 Å². The van der Waals surface area contributed by atoms with Crippen molar-refractivity contribution in [2.45, 2.75) is 33.7 Å². The number of carbonyl (C=O) groups excluding carboxylic acids is 2. The summed E-state index contributed by atoms with van der Waals surface area (Å²) in [7, 11) is 0. The van der Waals surface area contributed by atoms with Crippen LogP contribution in [0.5, 0.6) is 0 Å². The Hall–Kier alpha value is -2.42. The van der Waals surface area contributed by atoms with Crippen LogP contribution in [0.15, 0.2) is 42.5 Å². The highest BCUT2D eigenvalue weighted by Crippen LogP contribution is 2.19. The fourth-order valence-electron chi connectivity index (χ4n) is 2.34. The van der Waals surface area contributed by atoms with Crippen molar-refractivity contribution in [2.75, 3.05) is 0 Å². The lowest BCUT2D eigenvalue weighted by Crippen LogP contribution is -2.31. The number of ketones is 1. The molecule has 0 aromatic heterocycles. The molecule has 3 heteroatoms. The van der Waals surface area contributed by atoms with Crippen molar-refractivity contribution in [3.05, 3.63) is 70.3 Å². The zero-order valence-electron chi connectivity index (χ0n) is 13.4. The van der Waals surface area contributed by atoms with Gasteiger partial charge in [-0.15, -0.1) is 0 Å². The number of nitrogens with one attached hydrogen (secondary N) is 1. The monoisotopic (exact) mass is 295 g/mol. The van der Waals surface area contributed by atoms with Gasteiger partial charge in [-0.1, -0.05) is 35.9 Å². The summed E-state index contributed by atoms with van der Waals surface area (Å²) < 4.78 is 0. The summed E-state index contributed by atoms with van der Waals surface area (Å²) in [5, 5.41) is 2.84. The SMILES string of the molecule is Cc1ccc(C)c(C(=O)c2ccccc2C(=O)NC(C)C)c1. The molecule has 0 spiro atoms. The zero-order valence-corrected chi connectivity index (χ0v) is 13.4. The number of benzene rings is 2. The molecule has 3 nitrogen and oxygen atoms in total. The van der Waals surface area contributed by atoms with Gasteiger partial charge in [0.25, 0.3) is 5.91 Å². The highest BCUT2D eigenvalue weighted by atomic mass is 16.2. The summed E-state index contributed by atoms with van der Waals surface area (Å²) in [6, 6.07) is 12.8. The molecule has 22 heavy (non-hydrogen) atoms. The van der Waals surface area contributed by atoms with Gasteiger partial charge in [-0.25, -0.2) is 0 Å². The minimum absolute atomic E-state index is 0.0244. The van der Waals surface area contributed by atoms with E-state index >= 15 is 0 Å². The molecule has 2 rings (SSSR count). The van der Waals surface area contributed by atoms with Crippen LogP contribution in [0, 0.1) is 13.8 Å². The predicted molar refractivity (Wildman–Crippen MR) is 88.4 cm³/mol. The summed E-state index contributed by atoms with van der Waals surface area (Å²) in [6.07, 6.45) is 0. The van der Waals surface area contributed by atoms with Gasteiger partial charge in [0.05, 0.1) is 5.56 Å². The van der Waals surface area contributed by atoms with Crippen molar-refractivity contribution in [1.82, 2.24) is 5.32 Å². The van der Waals surface area contributed by atoms with Crippen LogP contribution >= 0.6 is 0 Å². The molecular formula is C19H21NO2. The van der Waals surface area contributed by atoms with E-state index < -0.39 is 0 Å². The van der Waals surface area contributed by atoms with Gasteiger partial charge in [0, 0.05) is 17.2 Å². The van der Waals surface area contributed by atoms with Crippen molar-refractivity contribution in [3.63, 3.8) is 0 Å². The quantitative estimate of drug-likeness (QED) is 0.875. The second-order valence-corrected chi connectivity index (χ2v) is 5.82. The van der Waals surface area contributed by atoms with E-state index in [4.69, 9.17) is 0 Å². The molecule has 0 bridgehead atoms. The smallest absolute Gasteiger partial charge is 0.252 e. The van der Waals surface area contributed by atoms with Crippen LogP contribution in [-0.4, -0.2) is 17.7 Å². The normalized spacial score (nSPS) is 10.6. The van der Waals surface area contributed by atoms with E-state index in [1.54, 1.807) is 24.3 Å². The highest BCUT2D eigenvalue weighted by molar-refractivity contribution is 6.16. The molecule has 0 fully saturated rings. The maximum Gasteiger partial charge on any atom is 0.252 e. The van der Waals surface area contributed by atoms with Gasteiger partial charge < -0.3 is 5.32 Å². The van der Waals surface area contributed by atoms with E-state index in [0.717, 1.165) is 11.1 Å². The van der Waals surface area contributed by atoms with Gasteiger partial charge in [0.1, 0.15) is 0 Å². The molecule has 0 unspecified atom stereocenters. The van der Waals surface area contributed by atoms with Gasteiger partial charge in [-0.05, 0) is 45.4 Å². The maximum absolute atomic E-state index is 12.9. The first-order valence-corrected chi connectivity index (χ1v) is 7.42. The molecular weight excluding hydrogens is 274 g/mol. The first kappa shape index (κ1) is 16.0. The van der Waals surface area contributed by atoms with Gasteiger partial charge in [-0.2, -0.15) is 0 Å². The molecule has 0 aliphatic rings. The summed E-state index contributed by atoms with van der Waals surface area (Å²) in [5.41, 5.74) is 3.44. The van der Waals surface area contributed by atoms with Gasteiger partial charge in [-0.3, -0.25) is 9.59 Å². The average molecular weight is 295 g/mol. The molecule has 2 aromatic carbocycles. The van der Waals surface area contributed by atoms with Crippen LogP contribution in [0.25, 0.3) is 0 Å². The number of hydrogen-bond acceptors (Lipinski definition) is 2. The fraction of sp³-hybridized carbons (Fsp3) is 0.263. The third-order valence-electron chi connectivity index (χ3n) is 3.47. The molecule has 0 saturated carbocycles. The van der Waals surface area contributed by atoms with E-state index in [-0.39, 0.29) is 17.7 Å². The third-order valence-corrected chi connectivity index (χ3v) is 3.47. The lowest BCUT2D eigenvalue weighted by molar-refractivity contribution is 0.0932. The summed E-state index contributed by atoms with van der Waals surface area (Å²) >= 11 is 0. The molecule has 2 aromatic rings. The number of carbonyl (C=O) groups is 2. The molecule has 0 saturated heterocycles. The Morgan fingerprint density at radius 2 is 1.55 bits per heavy atom. The first-order chi connectivity index (χ1) is 10.4. The average Bonchev–Trinajstić information content (AvgIpc) is 2.48. The molecule has 0 heterocycles. The van der Waals surface area contributed by atoms with Crippen LogP contribution < -0.4 is 5.32 Å². The molecule has 0 radical (unpaired) electrons. The van der Waals surface area contributed by atoms with E-state index in [1.165, 1.54) is 0 Å². The fourth-order valence-corrected chi connectivity index (χ4v) is 2.34. The standard InChI is InChI=1S/C19H21NO2/c1-12(2)20-19(22)16-8-6-5-7-15(16)18(21)17-11-13(3)9-10-14(17)4/h5-12H,1-4H3,(H,20,22). The number of hydrogen-bond donors (Lipinski definition) is 1. The van der Waals surface area contributed by atoms with Gasteiger partial charge in [0.15, 0.2) is 5.78 Å². The first-order valence-electron chi connectivity index (χ1n) is 7.42. The van der Waals surface area contributed by atoms with Crippen LogP contribution in [0.4, 0.5) is 0 Å². The molecule has 114 valence electrons. The number of rotatable bonds is 4. The van der Waals surface area contributed by atoms with Crippen LogP contribution in [-0.2, 0) is 0 Å². The molecule has 0 aliphatic carbocycles. The Labute approximate surface area is 131 Å². The lowest BCUT2D eigenvalue weighted by Gasteiger charge is -2.13. The minimum Gasteiger partial charge on any atom is -0.350 e.